The van der Waals surface area contributed by atoms with E-state index in [1.807, 2.05) is 5.38 Å². The zero-order valence-electron chi connectivity index (χ0n) is 11.0. The van der Waals surface area contributed by atoms with E-state index in [1.165, 1.54) is 29.7 Å². The predicted octanol–water partition coefficient (Wildman–Crippen LogP) is 2.51. The van der Waals surface area contributed by atoms with Crippen molar-refractivity contribution in [3.05, 3.63) is 34.5 Å². The van der Waals surface area contributed by atoms with Crippen molar-refractivity contribution in [3.63, 3.8) is 0 Å². The highest BCUT2D eigenvalue weighted by Gasteiger charge is 2.20. The van der Waals surface area contributed by atoms with Gasteiger partial charge in [-0.1, -0.05) is 20.8 Å². The Bertz CT molecular complexity index is 637. The second kappa shape index (κ2) is 5.07. The van der Waals surface area contributed by atoms with E-state index in [0.29, 0.717) is 0 Å². The van der Waals surface area contributed by atoms with E-state index in [2.05, 4.69) is 30.5 Å². The molecule has 0 saturated carbocycles. The lowest BCUT2D eigenvalue weighted by Crippen LogP contribution is -2.23. The zero-order chi connectivity index (χ0) is 14.1. The van der Waals surface area contributed by atoms with Crippen LogP contribution in [0.1, 0.15) is 31.5 Å². The average Bonchev–Trinajstić information content (AvgIpc) is 2.97. The normalized spacial score (nSPS) is 12.8. The lowest BCUT2D eigenvalue weighted by atomic mass is 9.93. The maximum Gasteiger partial charge on any atom is 0.274 e. The molecule has 2 heterocycles. The van der Waals surface area contributed by atoms with Crippen LogP contribution in [-0.2, 0) is 22.0 Å². The van der Waals surface area contributed by atoms with Crippen LogP contribution in [0.15, 0.2) is 33.3 Å². The second-order valence-corrected chi connectivity index (χ2v) is 7.77. The van der Waals surface area contributed by atoms with Crippen LogP contribution in [0.4, 0.5) is 0 Å². The third-order valence-corrected chi connectivity index (χ3v) is 4.63. The molecule has 0 radical (unpaired) electrons. The van der Waals surface area contributed by atoms with Gasteiger partial charge in [-0.05, 0) is 12.1 Å². The number of furan rings is 1. The molecule has 0 bridgehead atoms. The summed E-state index contributed by atoms with van der Waals surface area (Å²) in [6.45, 7) is 6.38. The van der Waals surface area contributed by atoms with E-state index in [0.717, 1.165) is 10.7 Å². The summed E-state index contributed by atoms with van der Waals surface area (Å²) in [6.07, 6.45) is 1.33. The summed E-state index contributed by atoms with van der Waals surface area (Å²) < 4.78 is 31.0. The van der Waals surface area contributed by atoms with Crippen molar-refractivity contribution < 1.29 is 12.8 Å². The third-order valence-electron chi connectivity index (χ3n) is 2.49. The van der Waals surface area contributed by atoms with Crippen LogP contribution >= 0.6 is 11.3 Å². The fourth-order valence-corrected chi connectivity index (χ4v) is 3.34. The lowest BCUT2D eigenvalue weighted by molar-refractivity contribution is 0.445. The number of hydrogen-bond donors (Lipinski definition) is 1. The quantitative estimate of drug-likeness (QED) is 0.941. The molecule has 0 aromatic carbocycles. The Balaban J connectivity index is 2.06. The Labute approximate surface area is 116 Å². The average molecular weight is 300 g/mol. The number of nitrogens with one attached hydrogen (secondary N) is 1. The van der Waals surface area contributed by atoms with Crippen LogP contribution in [0.2, 0.25) is 0 Å². The van der Waals surface area contributed by atoms with Crippen molar-refractivity contribution >= 4 is 21.4 Å². The van der Waals surface area contributed by atoms with Crippen LogP contribution in [0.25, 0.3) is 0 Å². The van der Waals surface area contributed by atoms with Gasteiger partial charge in [0.15, 0.2) is 0 Å². The molecular formula is C12H16N2O3S2. The van der Waals surface area contributed by atoms with Gasteiger partial charge in [-0.25, -0.2) is 18.1 Å². The molecule has 0 fully saturated rings. The van der Waals surface area contributed by atoms with Crippen molar-refractivity contribution in [2.24, 2.45) is 0 Å². The van der Waals surface area contributed by atoms with Crippen LogP contribution in [0.3, 0.4) is 0 Å². The first-order valence-corrected chi connectivity index (χ1v) is 8.13. The van der Waals surface area contributed by atoms with Gasteiger partial charge >= 0.3 is 0 Å². The van der Waals surface area contributed by atoms with Gasteiger partial charge in [0.25, 0.3) is 10.0 Å². The van der Waals surface area contributed by atoms with Crippen molar-refractivity contribution in [1.82, 2.24) is 9.71 Å². The molecule has 0 atom stereocenters. The molecule has 1 N–H and O–H groups in total. The van der Waals surface area contributed by atoms with Crippen molar-refractivity contribution in [2.75, 3.05) is 0 Å². The van der Waals surface area contributed by atoms with Gasteiger partial charge in [-0.2, -0.15) is 0 Å². The zero-order valence-corrected chi connectivity index (χ0v) is 12.6. The summed E-state index contributed by atoms with van der Waals surface area (Å²) in [6, 6.07) is 2.94. The van der Waals surface area contributed by atoms with Crippen LogP contribution < -0.4 is 4.72 Å². The minimum atomic E-state index is -3.59. The van der Waals surface area contributed by atoms with Gasteiger partial charge in [0.2, 0.25) is 5.09 Å². The fourth-order valence-electron chi connectivity index (χ4n) is 1.38. The van der Waals surface area contributed by atoms with Crippen molar-refractivity contribution in [3.8, 4) is 0 Å². The molecule has 0 saturated heterocycles. The molecule has 19 heavy (non-hydrogen) atoms. The van der Waals surface area contributed by atoms with E-state index in [4.69, 9.17) is 4.42 Å². The molecule has 2 aromatic heterocycles. The number of nitrogens with zero attached hydrogens (tertiary/aromatic N) is 1. The van der Waals surface area contributed by atoms with E-state index in [9.17, 15) is 8.42 Å². The molecule has 0 aliphatic heterocycles. The summed E-state index contributed by atoms with van der Waals surface area (Å²) in [7, 11) is -3.59. The van der Waals surface area contributed by atoms with E-state index >= 15 is 0 Å². The molecule has 2 rings (SSSR count). The number of sulfonamides is 1. The molecule has 0 aliphatic carbocycles. The Morgan fingerprint density at radius 2 is 2.16 bits per heavy atom. The Kier molecular flexibility index (Phi) is 3.80. The van der Waals surface area contributed by atoms with Gasteiger partial charge in [-0.15, -0.1) is 11.3 Å². The summed E-state index contributed by atoms with van der Waals surface area (Å²) >= 11 is 1.45. The second-order valence-electron chi connectivity index (χ2n) is 5.13. The number of aromatic nitrogens is 1. The number of rotatable bonds is 4. The largest absolute Gasteiger partial charge is 0.452 e. The minimum Gasteiger partial charge on any atom is -0.452 e. The fraction of sp³-hybridized carbons (Fsp3) is 0.417. The maximum atomic E-state index is 11.8. The van der Waals surface area contributed by atoms with Crippen LogP contribution in [0.5, 0.6) is 0 Å². The Morgan fingerprint density at radius 3 is 2.68 bits per heavy atom. The molecule has 0 amide bonds. The minimum absolute atomic E-state index is 0.0331. The van der Waals surface area contributed by atoms with Gasteiger partial charge in [-0.3, -0.25) is 0 Å². The summed E-state index contributed by atoms with van der Waals surface area (Å²) in [5, 5.41) is 2.61. The molecular weight excluding hydrogens is 284 g/mol. The predicted molar refractivity (Wildman–Crippen MR) is 73.5 cm³/mol. The molecule has 0 aliphatic rings. The highest BCUT2D eigenvalue weighted by Crippen LogP contribution is 2.24. The monoisotopic (exact) mass is 300 g/mol. The molecule has 5 nitrogen and oxygen atoms in total. The van der Waals surface area contributed by atoms with E-state index < -0.39 is 10.0 Å². The third kappa shape index (κ3) is 3.43. The molecule has 7 heteroatoms. The highest BCUT2D eigenvalue weighted by molar-refractivity contribution is 7.89. The van der Waals surface area contributed by atoms with Crippen molar-refractivity contribution in [1.29, 1.82) is 0 Å². The SMILES string of the molecule is CC(C)(C)c1csc(CNS(=O)(=O)c2ccco2)n1. The topological polar surface area (TPSA) is 72.2 Å². The van der Waals surface area contributed by atoms with E-state index in [-0.39, 0.29) is 17.1 Å². The van der Waals surface area contributed by atoms with Crippen molar-refractivity contribution in [2.45, 2.75) is 37.8 Å². The van der Waals surface area contributed by atoms with Gasteiger partial charge in [0.05, 0.1) is 18.5 Å². The Morgan fingerprint density at radius 1 is 1.42 bits per heavy atom. The lowest BCUT2D eigenvalue weighted by Gasteiger charge is -2.14. The molecule has 0 spiro atoms. The first-order chi connectivity index (χ1) is 8.79. The summed E-state index contributed by atoms with van der Waals surface area (Å²) in [4.78, 5) is 4.43. The van der Waals surface area contributed by atoms with Gasteiger partial charge in [0.1, 0.15) is 5.01 Å². The van der Waals surface area contributed by atoms with Crippen LogP contribution in [-0.4, -0.2) is 13.4 Å². The standard InChI is InChI=1S/C12H16N2O3S2/c1-12(2,3)9-8-18-10(14-9)7-13-19(15,16)11-5-4-6-17-11/h4-6,8,13H,7H2,1-3H3. The number of thiazole rings is 1. The van der Waals surface area contributed by atoms with Gasteiger partial charge < -0.3 is 4.42 Å². The first kappa shape index (κ1) is 14.2. The Hall–Kier alpha value is -1.18. The maximum absolute atomic E-state index is 11.8. The summed E-state index contributed by atoms with van der Waals surface area (Å²) in [5.41, 5.74) is 0.930. The van der Waals surface area contributed by atoms with Gasteiger partial charge in [0, 0.05) is 10.8 Å². The molecule has 104 valence electrons. The first-order valence-electron chi connectivity index (χ1n) is 5.77. The smallest absolute Gasteiger partial charge is 0.274 e. The van der Waals surface area contributed by atoms with E-state index in [1.54, 1.807) is 0 Å². The molecule has 0 unspecified atom stereocenters. The highest BCUT2D eigenvalue weighted by atomic mass is 32.2. The van der Waals surface area contributed by atoms with Crippen LogP contribution in [0, 0.1) is 0 Å². The summed E-state index contributed by atoms with van der Waals surface area (Å²) in [5.74, 6) is 0. The molecule has 2 aromatic rings. The number of hydrogen-bond acceptors (Lipinski definition) is 5.